The van der Waals surface area contributed by atoms with Gasteiger partial charge in [-0.1, -0.05) is 13.8 Å². The number of likely N-dealkylation sites (N-methyl/N-ethyl adjacent to an activating group) is 1. The Balaban J connectivity index is 1.88. The standard InChI is InChI=1S/C15H21N3S/c1-3-11-7-12-14(17-9-18-15(12)19-11)8-13(16-4-2)10-5-6-10/h7,9-10,13,16H,3-6,8H2,1-2H3. The molecule has 1 N–H and O–H groups in total. The van der Waals surface area contributed by atoms with Crippen molar-refractivity contribution in [1.82, 2.24) is 15.3 Å². The van der Waals surface area contributed by atoms with E-state index in [1.54, 1.807) is 17.7 Å². The van der Waals surface area contributed by atoms with Crippen LogP contribution in [0.1, 0.15) is 37.3 Å². The fourth-order valence-electron chi connectivity index (χ4n) is 2.67. The number of fused-ring (bicyclic) bond motifs is 1. The van der Waals surface area contributed by atoms with Crippen molar-refractivity contribution in [3.05, 3.63) is 23.0 Å². The summed E-state index contributed by atoms with van der Waals surface area (Å²) in [4.78, 5) is 11.5. The lowest BCUT2D eigenvalue weighted by atomic mass is 10.0. The van der Waals surface area contributed by atoms with Crippen molar-refractivity contribution in [2.75, 3.05) is 6.54 Å². The van der Waals surface area contributed by atoms with Gasteiger partial charge < -0.3 is 5.32 Å². The molecule has 0 saturated heterocycles. The van der Waals surface area contributed by atoms with E-state index < -0.39 is 0 Å². The summed E-state index contributed by atoms with van der Waals surface area (Å²) in [5.74, 6) is 0.856. The van der Waals surface area contributed by atoms with Crippen LogP contribution in [-0.2, 0) is 12.8 Å². The lowest BCUT2D eigenvalue weighted by Gasteiger charge is -2.16. The van der Waals surface area contributed by atoms with Crippen LogP contribution < -0.4 is 5.32 Å². The first-order chi connectivity index (χ1) is 9.31. The number of aromatic nitrogens is 2. The van der Waals surface area contributed by atoms with Gasteiger partial charge in [0.15, 0.2) is 0 Å². The fraction of sp³-hybridized carbons (Fsp3) is 0.600. The van der Waals surface area contributed by atoms with E-state index in [0.29, 0.717) is 6.04 Å². The third kappa shape index (κ3) is 2.79. The highest BCUT2D eigenvalue weighted by atomic mass is 32.1. The summed E-state index contributed by atoms with van der Waals surface area (Å²) in [6.45, 7) is 5.42. The molecule has 102 valence electrons. The molecule has 0 aromatic carbocycles. The number of nitrogens with zero attached hydrogens (tertiary/aromatic N) is 2. The Morgan fingerprint density at radius 2 is 2.21 bits per heavy atom. The summed E-state index contributed by atoms with van der Waals surface area (Å²) in [5, 5.41) is 4.89. The maximum Gasteiger partial charge on any atom is 0.127 e. The molecule has 0 amide bonds. The van der Waals surface area contributed by atoms with Crippen LogP contribution in [0.25, 0.3) is 10.2 Å². The molecule has 1 aliphatic rings. The highest BCUT2D eigenvalue weighted by Gasteiger charge is 2.31. The van der Waals surface area contributed by atoms with Crippen molar-refractivity contribution in [3.63, 3.8) is 0 Å². The van der Waals surface area contributed by atoms with Gasteiger partial charge in [0.05, 0.1) is 5.69 Å². The number of nitrogens with one attached hydrogen (secondary N) is 1. The molecule has 1 fully saturated rings. The summed E-state index contributed by atoms with van der Waals surface area (Å²) < 4.78 is 0. The summed E-state index contributed by atoms with van der Waals surface area (Å²) in [6, 6.07) is 2.87. The predicted molar refractivity (Wildman–Crippen MR) is 80.7 cm³/mol. The van der Waals surface area contributed by atoms with E-state index in [4.69, 9.17) is 0 Å². The van der Waals surface area contributed by atoms with Gasteiger partial charge in [0, 0.05) is 22.7 Å². The van der Waals surface area contributed by atoms with E-state index in [2.05, 4.69) is 35.2 Å². The summed E-state index contributed by atoms with van der Waals surface area (Å²) >= 11 is 1.80. The fourth-order valence-corrected chi connectivity index (χ4v) is 3.62. The Morgan fingerprint density at radius 3 is 2.89 bits per heavy atom. The minimum Gasteiger partial charge on any atom is -0.314 e. The van der Waals surface area contributed by atoms with Gasteiger partial charge in [0.25, 0.3) is 0 Å². The Bertz CT molecular complexity index is 560. The van der Waals surface area contributed by atoms with Gasteiger partial charge >= 0.3 is 0 Å². The van der Waals surface area contributed by atoms with Crippen LogP contribution in [0.4, 0.5) is 0 Å². The van der Waals surface area contributed by atoms with E-state index in [9.17, 15) is 0 Å². The molecular formula is C15H21N3S. The molecule has 19 heavy (non-hydrogen) atoms. The molecule has 0 radical (unpaired) electrons. The summed E-state index contributed by atoms with van der Waals surface area (Å²) in [7, 11) is 0. The quantitative estimate of drug-likeness (QED) is 0.880. The second-order valence-electron chi connectivity index (χ2n) is 5.31. The Hall–Kier alpha value is -1.00. The highest BCUT2D eigenvalue weighted by molar-refractivity contribution is 7.18. The lowest BCUT2D eigenvalue weighted by molar-refractivity contribution is 0.469. The third-order valence-electron chi connectivity index (χ3n) is 3.88. The van der Waals surface area contributed by atoms with Crippen molar-refractivity contribution in [1.29, 1.82) is 0 Å². The molecule has 1 unspecified atom stereocenters. The SMILES string of the molecule is CCNC(Cc1ncnc2sc(CC)cc12)C1CC1. The second-order valence-corrected chi connectivity index (χ2v) is 6.43. The number of aryl methyl sites for hydroxylation is 1. The molecule has 0 aliphatic heterocycles. The molecule has 3 rings (SSSR count). The molecule has 2 aromatic heterocycles. The highest BCUT2D eigenvalue weighted by Crippen LogP contribution is 2.35. The molecule has 1 atom stereocenters. The molecule has 0 spiro atoms. The van der Waals surface area contributed by atoms with Gasteiger partial charge in [-0.2, -0.15) is 0 Å². The van der Waals surface area contributed by atoms with Crippen molar-refractivity contribution < 1.29 is 0 Å². The molecule has 1 aliphatic carbocycles. The number of rotatable bonds is 6. The average molecular weight is 275 g/mol. The van der Waals surface area contributed by atoms with Crippen LogP contribution in [0.15, 0.2) is 12.4 Å². The van der Waals surface area contributed by atoms with Crippen LogP contribution in [0.5, 0.6) is 0 Å². The molecule has 2 aromatic rings. The first-order valence-corrected chi connectivity index (χ1v) is 8.09. The molecule has 3 nitrogen and oxygen atoms in total. The van der Waals surface area contributed by atoms with Crippen molar-refractivity contribution in [2.45, 2.75) is 45.6 Å². The van der Waals surface area contributed by atoms with Gasteiger partial charge in [-0.25, -0.2) is 9.97 Å². The molecular weight excluding hydrogens is 254 g/mol. The maximum atomic E-state index is 4.54. The van der Waals surface area contributed by atoms with E-state index in [-0.39, 0.29) is 0 Å². The zero-order chi connectivity index (χ0) is 13.2. The van der Waals surface area contributed by atoms with E-state index in [1.807, 2.05) is 0 Å². The van der Waals surface area contributed by atoms with Crippen molar-refractivity contribution in [3.8, 4) is 0 Å². The first kappa shape index (κ1) is 13.0. The van der Waals surface area contributed by atoms with Gasteiger partial charge in [0.1, 0.15) is 11.2 Å². The van der Waals surface area contributed by atoms with Gasteiger partial charge in [-0.15, -0.1) is 11.3 Å². The summed E-state index contributed by atoms with van der Waals surface area (Å²) in [6.07, 6.45) is 6.59. The van der Waals surface area contributed by atoms with Crippen molar-refractivity contribution >= 4 is 21.6 Å². The zero-order valence-electron chi connectivity index (χ0n) is 11.6. The minimum absolute atomic E-state index is 0.591. The second kappa shape index (κ2) is 5.55. The molecule has 4 heteroatoms. The Morgan fingerprint density at radius 1 is 1.37 bits per heavy atom. The number of hydrogen-bond donors (Lipinski definition) is 1. The monoisotopic (exact) mass is 275 g/mol. The Labute approximate surface area is 118 Å². The largest absolute Gasteiger partial charge is 0.314 e. The van der Waals surface area contributed by atoms with E-state index in [1.165, 1.54) is 28.8 Å². The van der Waals surface area contributed by atoms with Crippen LogP contribution in [-0.4, -0.2) is 22.6 Å². The van der Waals surface area contributed by atoms with Gasteiger partial charge in [-0.05, 0) is 37.8 Å². The molecule has 0 bridgehead atoms. The third-order valence-corrected chi connectivity index (χ3v) is 5.07. The van der Waals surface area contributed by atoms with Crippen LogP contribution in [0.3, 0.4) is 0 Å². The summed E-state index contributed by atoms with van der Waals surface area (Å²) in [5.41, 5.74) is 1.22. The van der Waals surface area contributed by atoms with E-state index in [0.717, 1.165) is 30.1 Å². The van der Waals surface area contributed by atoms with Crippen molar-refractivity contribution in [2.24, 2.45) is 5.92 Å². The predicted octanol–water partition coefficient (Wildman–Crippen LogP) is 3.18. The smallest absolute Gasteiger partial charge is 0.127 e. The van der Waals surface area contributed by atoms with E-state index >= 15 is 0 Å². The number of hydrogen-bond acceptors (Lipinski definition) is 4. The molecule has 1 saturated carbocycles. The van der Waals surface area contributed by atoms with Crippen LogP contribution in [0.2, 0.25) is 0 Å². The average Bonchev–Trinajstić information content (AvgIpc) is 3.17. The molecule has 2 heterocycles. The maximum absolute atomic E-state index is 4.54. The van der Waals surface area contributed by atoms with Crippen LogP contribution in [0, 0.1) is 5.92 Å². The normalized spacial score (nSPS) is 16.9. The van der Waals surface area contributed by atoms with Crippen LogP contribution >= 0.6 is 11.3 Å². The first-order valence-electron chi connectivity index (χ1n) is 7.27. The van der Waals surface area contributed by atoms with Gasteiger partial charge in [0.2, 0.25) is 0 Å². The van der Waals surface area contributed by atoms with Gasteiger partial charge in [-0.3, -0.25) is 0 Å². The zero-order valence-corrected chi connectivity index (χ0v) is 12.5. The lowest BCUT2D eigenvalue weighted by Crippen LogP contribution is -2.33. The number of thiophene rings is 1. The Kier molecular flexibility index (Phi) is 3.80. The topological polar surface area (TPSA) is 37.8 Å². The minimum atomic E-state index is 0.591.